The maximum atomic E-state index is 13.0. The third-order valence-corrected chi connectivity index (χ3v) is 6.52. The van der Waals surface area contributed by atoms with E-state index in [1.807, 2.05) is 47.8 Å². The minimum Gasteiger partial charge on any atom is -0.343 e. The molecule has 0 bridgehead atoms. The first kappa shape index (κ1) is 21.0. The molecule has 0 aliphatic carbocycles. The number of rotatable bonds is 6. The molecule has 5 nitrogen and oxygen atoms in total. The van der Waals surface area contributed by atoms with Crippen molar-refractivity contribution in [2.45, 2.75) is 6.04 Å². The molecule has 0 radical (unpaired) electrons. The molecule has 1 saturated heterocycles. The van der Waals surface area contributed by atoms with E-state index in [0.717, 1.165) is 48.9 Å². The monoisotopic (exact) mass is 440 g/mol. The quantitative estimate of drug-likeness (QED) is 0.624. The molecule has 1 atom stereocenters. The van der Waals surface area contributed by atoms with Gasteiger partial charge in [0.05, 0.1) is 6.04 Å². The van der Waals surface area contributed by atoms with Crippen molar-refractivity contribution in [3.8, 4) is 10.6 Å². The Morgan fingerprint density at radius 1 is 1.10 bits per heavy atom. The molecule has 30 heavy (non-hydrogen) atoms. The lowest BCUT2D eigenvalue weighted by Gasteiger charge is -2.35. The Bertz CT molecular complexity index is 968. The third kappa shape index (κ3) is 5.26. The van der Waals surface area contributed by atoms with Crippen LogP contribution in [0.5, 0.6) is 0 Å². The van der Waals surface area contributed by atoms with Gasteiger partial charge in [0.1, 0.15) is 10.7 Å². The van der Waals surface area contributed by atoms with Crippen molar-refractivity contribution in [3.05, 3.63) is 76.3 Å². The molecule has 1 fully saturated rings. The second-order valence-corrected chi connectivity index (χ2v) is 8.88. The van der Waals surface area contributed by atoms with Crippen molar-refractivity contribution in [3.63, 3.8) is 0 Å². The summed E-state index contributed by atoms with van der Waals surface area (Å²) >= 11 is 7.44. The molecule has 4 rings (SSSR count). The maximum Gasteiger partial charge on any atom is 0.271 e. The zero-order valence-electron chi connectivity index (χ0n) is 16.9. The summed E-state index contributed by atoms with van der Waals surface area (Å²) in [4.78, 5) is 22.3. The smallest absolute Gasteiger partial charge is 0.271 e. The van der Waals surface area contributed by atoms with Gasteiger partial charge >= 0.3 is 0 Å². The summed E-state index contributed by atoms with van der Waals surface area (Å²) in [5, 5.41) is 6.52. The van der Waals surface area contributed by atoms with Crippen LogP contribution in [-0.2, 0) is 0 Å². The Morgan fingerprint density at radius 3 is 2.50 bits per heavy atom. The number of benzene rings is 2. The van der Waals surface area contributed by atoms with Crippen molar-refractivity contribution in [2.75, 3.05) is 39.8 Å². The first-order chi connectivity index (χ1) is 14.6. The van der Waals surface area contributed by atoms with Gasteiger partial charge in [-0.3, -0.25) is 9.69 Å². The first-order valence-corrected chi connectivity index (χ1v) is 11.3. The summed E-state index contributed by atoms with van der Waals surface area (Å²) in [5.41, 5.74) is 2.52. The number of aromatic nitrogens is 1. The van der Waals surface area contributed by atoms with Crippen LogP contribution in [0, 0.1) is 0 Å². The van der Waals surface area contributed by atoms with Crippen molar-refractivity contribution < 1.29 is 4.79 Å². The Balaban J connectivity index is 1.48. The third-order valence-electron chi connectivity index (χ3n) is 5.37. The van der Waals surface area contributed by atoms with Gasteiger partial charge < -0.3 is 10.2 Å². The van der Waals surface area contributed by atoms with E-state index in [0.29, 0.717) is 10.7 Å². The van der Waals surface area contributed by atoms with Gasteiger partial charge in [0.15, 0.2) is 0 Å². The average Bonchev–Trinajstić information content (AvgIpc) is 3.26. The van der Waals surface area contributed by atoms with Crippen LogP contribution in [0.4, 0.5) is 0 Å². The summed E-state index contributed by atoms with van der Waals surface area (Å²) in [5.74, 6) is -0.144. The fourth-order valence-corrected chi connectivity index (χ4v) is 4.48. The van der Waals surface area contributed by atoms with Crippen LogP contribution < -0.4 is 5.32 Å². The predicted molar refractivity (Wildman–Crippen MR) is 123 cm³/mol. The molecule has 3 aromatic rings. The number of hydrogen-bond donors (Lipinski definition) is 1. The molecule has 2 aromatic carbocycles. The molecule has 7 heteroatoms. The summed E-state index contributed by atoms with van der Waals surface area (Å²) in [6, 6.07) is 17.6. The fourth-order valence-electron chi connectivity index (χ4n) is 3.54. The van der Waals surface area contributed by atoms with Gasteiger partial charge in [0, 0.05) is 48.7 Å². The van der Waals surface area contributed by atoms with E-state index < -0.39 is 0 Å². The molecule has 0 spiro atoms. The van der Waals surface area contributed by atoms with Gasteiger partial charge in [0.25, 0.3) is 5.91 Å². The standard InChI is InChI=1S/C23H25ClN4OS/c1-27-11-13-28(14-12-27)15-20(17-5-3-2-4-6-17)25-22(29)21-16-30-23(26-21)18-7-9-19(24)10-8-18/h2-10,16,20H,11-15H2,1H3,(H,25,29). The summed E-state index contributed by atoms with van der Waals surface area (Å²) in [7, 11) is 2.15. The number of thiazole rings is 1. The number of piperazine rings is 1. The molecule has 2 heterocycles. The largest absolute Gasteiger partial charge is 0.343 e. The van der Waals surface area contributed by atoms with Crippen LogP contribution in [0.15, 0.2) is 60.0 Å². The van der Waals surface area contributed by atoms with Crippen LogP contribution in [0.1, 0.15) is 22.1 Å². The number of amides is 1. The Kier molecular flexibility index (Phi) is 6.79. The van der Waals surface area contributed by atoms with Crippen LogP contribution >= 0.6 is 22.9 Å². The molecule has 1 unspecified atom stereocenters. The summed E-state index contributed by atoms with van der Waals surface area (Å²) in [6.07, 6.45) is 0. The molecule has 156 valence electrons. The van der Waals surface area contributed by atoms with Crippen molar-refractivity contribution in [1.29, 1.82) is 0 Å². The van der Waals surface area contributed by atoms with Gasteiger partial charge in [-0.05, 0) is 24.7 Å². The molecular weight excluding hydrogens is 416 g/mol. The Morgan fingerprint density at radius 2 is 1.80 bits per heavy atom. The molecule has 0 saturated carbocycles. The number of hydrogen-bond acceptors (Lipinski definition) is 5. The highest BCUT2D eigenvalue weighted by Gasteiger charge is 2.22. The minimum absolute atomic E-state index is 0.0808. The maximum absolute atomic E-state index is 13.0. The van der Waals surface area contributed by atoms with Gasteiger partial charge in [-0.15, -0.1) is 11.3 Å². The van der Waals surface area contributed by atoms with Gasteiger partial charge in [0.2, 0.25) is 0 Å². The van der Waals surface area contributed by atoms with E-state index in [4.69, 9.17) is 11.6 Å². The number of likely N-dealkylation sites (N-methyl/N-ethyl adjacent to an activating group) is 1. The second-order valence-electron chi connectivity index (χ2n) is 7.59. The van der Waals surface area contributed by atoms with Gasteiger partial charge in [-0.1, -0.05) is 54.1 Å². The van der Waals surface area contributed by atoms with Crippen LogP contribution in [0.3, 0.4) is 0 Å². The number of nitrogens with one attached hydrogen (secondary N) is 1. The Hall–Kier alpha value is -2.25. The van der Waals surface area contributed by atoms with Crippen LogP contribution in [-0.4, -0.2) is 60.5 Å². The van der Waals surface area contributed by atoms with E-state index in [-0.39, 0.29) is 11.9 Å². The normalized spacial score (nSPS) is 16.3. The highest BCUT2D eigenvalue weighted by molar-refractivity contribution is 7.13. The highest BCUT2D eigenvalue weighted by Crippen LogP contribution is 2.25. The van der Waals surface area contributed by atoms with E-state index in [1.54, 1.807) is 0 Å². The first-order valence-electron chi connectivity index (χ1n) is 10.1. The topological polar surface area (TPSA) is 48.5 Å². The van der Waals surface area contributed by atoms with Crippen LogP contribution in [0.2, 0.25) is 5.02 Å². The van der Waals surface area contributed by atoms with Crippen molar-refractivity contribution in [2.24, 2.45) is 0 Å². The molecule has 1 N–H and O–H groups in total. The van der Waals surface area contributed by atoms with E-state index in [9.17, 15) is 4.79 Å². The molecular formula is C23H25ClN4OS. The zero-order chi connectivity index (χ0) is 20.9. The molecule has 1 amide bonds. The van der Waals surface area contributed by atoms with Crippen molar-refractivity contribution >= 4 is 28.8 Å². The second kappa shape index (κ2) is 9.71. The SMILES string of the molecule is CN1CCN(CC(NC(=O)c2csc(-c3ccc(Cl)cc3)n2)c2ccccc2)CC1. The number of carbonyl (C=O) groups is 1. The highest BCUT2D eigenvalue weighted by atomic mass is 35.5. The summed E-state index contributed by atoms with van der Waals surface area (Å²) in [6.45, 7) is 4.90. The summed E-state index contributed by atoms with van der Waals surface area (Å²) < 4.78 is 0. The number of halogens is 1. The average molecular weight is 441 g/mol. The van der Waals surface area contributed by atoms with Gasteiger partial charge in [-0.2, -0.15) is 0 Å². The molecule has 1 aromatic heterocycles. The minimum atomic E-state index is -0.144. The van der Waals surface area contributed by atoms with Crippen LogP contribution in [0.25, 0.3) is 10.6 Å². The molecule has 1 aliphatic rings. The van der Waals surface area contributed by atoms with Crippen molar-refractivity contribution in [1.82, 2.24) is 20.1 Å². The number of carbonyl (C=O) groups excluding carboxylic acids is 1. The Labute approximate surface area is 186 Å². The lowest BCUT2D eigenvalue weighted by atomic mass is 10.1. The van der Waals surface area contributed by atoms with E-state index in [2.05, 4.69) is 39.3 Å². The zero-order valence-corrected chi connectivity index (χ0v) is 18.5. The molecule has 1 aliphatic heterocycles. The fraction of sp³-hybridized carbons (Fsp3) is 0.304. The van der Waals surface area contributed by atoms with E-state index in [1.165, 1.54) is 11.3 Å². The number of nitrogens with zero attached hydrogens (tertiary/aromatic N) is 3. The van der Waals surface area contributed by atoms with Gasteiger partial charge in [-0.25, -0.2) is 4.98 Å². The predicted octanol–water partition coefficient (Wildman–Crippen LogP) is 4.18. The van der Waals surface area contributed by atoms with E-state index >= 15 is 0 Å². The lowest BCUT2D eigenvalue weighted by Crippen LogP contribution is -2.47. The lowest BCUT2D eigenvalue weighted by molar-refractivity contribution is 0.0903.